The number of carboxylic acids is 1. The van der Waals surface area contributed by atoms with Crippen LogP contribution in [0.1, 0.15) is 23.1 Å². The minimum Gasteiger partial charge on any atom is -0.481 e. The van der Waals surface area contributed by atoms with E-state index in [1.165, 1.54) is 12.1 Å². The van der Waals surface area contributed by atoms with Crippen LogP contribution in [0.2, 0.25) is 0 Å². The number of nitrogens with zero attached hydrogens (tertiary/aromatic N) is 4. The zero-order valence-corrected chi connectivity index (χ0v) is 13.1. The third-order valence-electron chi connectivity index (χ3n) is 4.31. The minimum absolute atomic E-state index is 0.225. The van der Waals surface area contributed by atoms with Crippen LogP contribution in [0.25, 0.3) is 0 Å². The van der Waals surface area contributed by atoms with Gasteiger partial charge in [-0.05, 0) is 24.6 Å². The lowest BCUT2D eigenvalue weighted by atomic mass is 9.89. The molecule has 23 heavy (non-hydrogen) atoms. The predicted octanol–water partition coefficient (Wildman–Crippen LogP) is 1.56. The molecule has 0 spiro atoms. The van der Waals surface area contributed by atoms with Crippen LogP contribution in [0, 0.1) is 18.7 Å². The summed E-state index contributed by atoms with van der Waals surface area (Å²) in [6.07, 6.45) is 0. The summed E-state index contributed by atoms with van der Waals surface area (Å²) in [6, 6.07) is 6.21. The normalized spacial score (nSPS) is 21.7. The molecular formula is C16H19FN4O2. The second-order valence-electron chi connectivity index (χ2n) is 6.00. The quantitative estimate of drug-likeness (QED) is 0.926. The maximum Gasteiger partial charge on any atom is 0.308 e. The highest BCUT2D eigenvalue weighted by Crippen LogP contribution is 2.33. The fraction of sp³-hybridized carbons (Fsp3) is 0.438. The predicted molar refractivity (Wildman–Crippen MR) is 81.3 cm³/mol. The van der Waals surface area contributed by atoms with Crippen molar-refractivity contribution in [1.29, 1.82) is 0 Å². The summed E-state index contributed by atoms with van der Waals surface area (Å²) in [5.74, 6) is -0.474. The third-order valence-corrected chi connectivity index (χ3v) is 4.31. The summed E-state index contributed by atoms with van der Waals surface area (Å²) in [6.45, 7) is 3.34. The van der Waals surface area contributed by atoms with E-state index in [2.05, 4.69) is 10.1 Å². The lowest BCUT2D eigenvalue weighted by Gasteiger charge is -2.15. The first kappa shape index (κ1) is 15.6. The van der Waals surface area contributed by atoms with E-state index in [9.17, 15) is 14.3 Å². The number of benzene rings is 1. The van der Waals surface area contributed by atoms with E-state index in [0.717, 1.165) is 11.4 Å². The van der Waals surface area contributed by atoms with E-state index >= 15 is 0 Å². The molecule has 7 heteroatoms. The van der Waals surface area contributed by atoms with Crippen LogP contribution in [0.5, 0.6) is 0 Å². The van der Waals surface area contributed by atoms with Crippen molar-refractivity contribution < 1.29 is 14.3 Å². The number of halogens is 1. The Bertz CT molecular complexity index is 731. The van der Waals surface area contributed by atoms with Crippen LogP contribution in [0.4, 0.5) is 4.39 Å². The maximum atomic E-state index is 13.5. The van der Waals surface area contributed by atoms with E-state index in [4.69, 9.17) is 0 Å². The van der Waals surface area contributed by atoms with Gasteiger partial charge < -0.3 is 5.11 Å². The fourth-order valence-electron chi connectivity index (χ4n) is 3.23. The molecule has 1 saturated heterocycles. The Kier molecular flexibility index (Phi) is 4.12. The molecule has 2 heterocycles. The first-order chi connectivity index (χ1) is 10.9. The number of aromatic nitrogens is 3. The first-order valence-electron chi connectivity index (χ1n) is 7.51. The van der Waals surface area contributed by atoms with E-state index in [1.54, 1.807) is 16.8 Å². The van der Waals surface area contributed by atoms with Gasteiger partial charge in [-0.25, -0.2) is 9.37 Å². The van der Waals surface area contributed by atoms with Gasteiger partial charge in [-0.1, -0.05) is 12.1 Å². The molecule has 2 atom stereocenters. The second-order valence-corrected chi connectivity index (χ2v) is 6.00. The Labute approximate surface area is 133 Å². The fourth-order valence-corrected chi connectivity index (χ4v) is 3.23. The monoisotopic (exact) mass is 318 g/mol. The van der Waals surface area contributed by atoms with Crippen LogP contribution < -0.4 is 0 Å². The van der Waals surface area contributed by atoms with Gasteiger partial charge in [0.15, 0.2) is 0 Å². The molecule has 1 N–H and O–H groups in total. The van der Waals surface area contributed by atoms with Crippen molar-refractivity contribution in [3.63, 3.8) is 0 Å². The van der Waals surface area contributed by atoms with Gasteiger partial charge in [-0.2, -0.15) is 5.10 Å². The second kappa shape index (κ2) is 6.08. The first-order valence-corrected chi connectivity index (χ1v) is 7.51. The Morgan fingerprint density at radius 3 is 2.83 bits per heavy atom. The molecule has 2 aromatic rings. The third kappa shape index (κ3) is 3.24. The molecule has 0 radical (unpaired) electrons. The summed E-state index contributed by atoms with van der Waals surface area (Å²) < 4.78 is 15.2. The van der Waals surface area contributed by atoms with Crippen molar-refractivity contribution in [2.45, 2.75) is 19.4 Å². The number of aryl methyl sites for hydroxylation is 2. The Hall–Kier alpha value is -2.28. The average Bonchev–Trinajstić information content (AvgIpc) is 3.03. The maximum absolute atomic E-state index is 13.5. The van der Waals surface area contributed by atoms with Gasteiger partial charge in [0.05, 0.1) is 12.5 Å². The molecule has 0 aliphatic carbocycles. The highest BCUT2D eigenvalue weighted by Gasteiger charge is 2.38. The van der Waals surface area contributed by atoms with Crippen molar-refractivity contribution in [3.05, 3.63) is 47.3 Å². The molecule has 3 rings (SSSR count). The number of hydrogen-bond donors (Lipinski definition) is 1. The van der Waals surface area contributed by atoms with Crippen LogP contribution in [-0.2, 0) is 18.4 Å². The van der Waals surface area contributed by atoms with Crippen molar-refractivity contribution in [1.82, 2.24) is 19.7 Å². The van der Waals surface area contributed by atoms with E-state index in [-0.39, 0.29) is 11.7 Å². The standard InChI is InChI=1S/C16H19FN4O2/c1-10-18-15(20(2)19-10)9-21-7-13(14(8-21)16(22)23)11-4-3-5-12(17)6-11/h3-6,13-14H,7-9H2,1-2H3,(H,22,23)/t13-,14+/m0/s1. The number of carboxylic acid groups (broad SMARTS) is 1. The van der Waals surface area contributed by atoms with Gasteiger partial charge in [0.25, 0.3) is 0 Å². The lowest BCUT2D eigenvalue weighted by molar-refractivity contribution is -0.141. The van der Waals surface area contributed by atoms with Gasteiger partial charge in [-0.15, -0.1) is 0 Å². The van der Waals surface area contributed by atoms with Crippen LogP contribution in [-0.4, -0.2) is 43.8 Å². The SMILES string of the molecule is Cc1nc(CN2C[C@@H](C(=O)O)[C@H](c3cccc(F)c3)C2)n(C)n1. The van der Waals surface area contributed by atoms with Gasteiger partial charge in [0, 0.05) is 26.1 Å². The highest BCUT2D eigenvalue weighted by atomic mass is 19.1. The smallest absolute Gasteiger partial charge is 0.308 e. The Morgan fingerprint density at radius 2 is 2.22 bits per heavy atom. The minimum atomic E-state index is -0.851. The lowest BCUT2D eigenvalue weighted by Crippen LogP contribution is -2.24. The molecular weight excluding hydrogens is 299 g/mol. The summed E-state index contributed by atoms with van der Waals surface area (Å²) >= 11 is 0. The molecule has 1 fully saturated rings. The van der Waals surface area contributed by atoms with Gasteiger partial charge >= 0.3 is 5.97 Å². The summed E-state index contributed by atoms with van der Waals surface area (Å²) in [5, 5.41) is 13.7. The zero-order chi connectivity index (χ0) is 16.6. The van der Waals surface area contributed by atoms with Crippen molar-refractivity contribution in [2.24, 2.45) is 13.0 Å². The summed E-state index contributed by atoms with van der Waals surface area (Å²) in [5.41, 5.74) is 0.731. The largest absolute Gasteiger partial charge is 0.481 e. The molecule has 0 amide bonds. The van der Waals surface area contributed by atoms with Crippen LogP contribution >= 0.6 is 0 Å². The van der Waals surface area contributed by atoms with Gasteiger partial charge in [-0.3, -0.25) is 14.4 Å². The number of carbonyl (C=O) groups is 1. The molecule has 1 aromatic carbocycles. The number of likely N-dealkylation sites (tertiary alicyclic amines) is 1. The Morgan fingerprint density at radius 1 is 1.43 bits per heavy atom. The van der Waals surface area contributed by atoms with E-state index in [0.29, 0.717) is 25.5 Å². The molecule has 0 bridgehead atoms. The number of rotatable bonds is 4. The van der Waals surface area contributed by atoms with E-state index < -0.39 is 11.9 Å². The zero-order valence-electron chi connectivity index (χ0n) is 13.1. The van der Waals surface area contributed by atoms with Crippen molar-refractivity contribution >= 4 is 5.97 Å². The van der Waals surface area contributed by atoms with Gasteiger partial charge in [0.1, 0.15) is 17.5 Å². The molecule has 6 nitrogen and oxygen atoms in total. The number of hydrogen-bond acceptors (Lipinski definition) is 4. The van der Waals surface area contributed by atoms with E-state index in [1.807, 2.05) is 18.9 Å². The molecule has 0 unspecified atom stereocenters. The van der Waals surface area contributed by atoms with Crippen molar-refractivity contribution in [3.8, 4) is 0 Å². The number of aliphatic carboxylic acids is 1. The Balaban J connectivity index is 1.81. The molecule has 1 aliphatic rings. The molecule has 122 valence electrons. The highest BCUT2D eigenvalue weighted by molar-refractivity contribution is 5.72. The molecule has 1 aromatic heterocycles. The average molecular weight is 318 g/mol. The van der Waals surface area contributed by atoms with Crippen LogP contribution in [0.15, 0.2) is 24.3 Å². The van der Waals surface area contributed by atoms with Gasteiger partial charge in [0.2, 0.25) is 0 Å². The summed E-state index contributed by atoms with van der Waals surface area (Å²) in [4.78, 5) is 18.0. The molecule has 1 aliphatic heterocycles. The topological polar surface area (TPSA) is 71.2 Å². The molecule has 0 saturated carbocycles. The van der Waals surface area contributed by atoms with Crippen LogP contribution in [0.3, 0.4) is 0 Å². The van der Waals surface area contributed by atoms with Crippen molar-refractivity contribution in [2.75, 3.05) is 13.1 Å². The summed E-state index contributed by atoms with van der Waals surface area (Å²) in [7, 11) is 1.82.